The van der Waals surface area contributed by atoms with Crippen LogP contribution in [0.1, 0.15) is 12.5 Å². The van der Waals surface area contributed by atoms with Crippen LogP contribution in [0.5, 0.6) is 0 Å². The Hall–Kier alpha value is -1.61. The van der Waals surface area contributed by atoms with Gasteiger partial charge >= 0.3 is 0 Å². The van der Waals surface area contributed by atoms with Gasteiger partial charge < -0.3 is 10.0 Å². The van der Waals surface area contributed by atoms with Crippen LogP contribution < -0.4 is 0 Å². The molecule has 1 aliphatic heterocycles. The molecule has 0 aromatic heterocycles. The Kier molecular flexibility index (Phi) is 6.04. The van der Waals surface area contributed by atoms with Gasteiger partial charge in [-0.05, 0) is 18.9 Å². The van der Waals surface area contributed by atoms with Crippen molar-refractivity contribution in [1.82, 2.24) is 4.90 Å². The van der Waals surface area contributed by atoms with Crippen molar-refractivity contribution in [3.8, 4) is 0 Å². The van der Waals surface area contributed by atoms with Crippen molar-refractivity contribution in [3.63, 3.8) is 0 Å². The van der Waals surface area contributed by atoms with Crippen molar-refractivity contribution in [2.24, 2.45) is 4.99 Å². The van der Waals surface area contributed by atoms with Crippen LogP contribution in [-0.2, 0) is 6.42 Å². The van der Waals surface area contributed by atoms with E-state index in [1.165, 1.54) is 5.56 Å². The van der Waals surface area contributed by atoms with Crippen molar-refractivity contribution in [2.45, 2.75) is 19.6 Å². The smallest absolute Gasteiger partial charge is 0.124 e. The fourth-order valence-electron chi connectivity index (χ4n) is 1.46. The molecule has 0 aliphatic carbocycles. The molecule has 3 heteroatoms. The fraction of sp³-hybridized carbons (Fsp3) is 0.357. The Labute approximate surface area is 103 Å². The zero-order valence-corrected chi connectivity index (χ0v) is 10.3. The van der Waals surface area contributed by atoms with Crippen molar-refractivity contribution in [1.29, 1.82) is 0 Å². The molecule has 0 amide bonds. The van der Waals surface area contributed by atoms with E-state index in [2.05, 4.69) is 23.7 Å². The number of aliphatic imine (C=N–C) groups is 1. The summed E-state index contributed by atoms with van der Waals surface area (Å²) in [6, 6.07) is 10.3. The summed E-state index contributed by atoms with van der Waals surface area (Å²) in [6.45, 7) is 7.07. The molecule has 0 radical (unpaired) electrons. The molecule has 0 spiro atoms. The highest BCUT2D eigenvalue weighted by atomic mass is 16.3. The van der Waals surface area contributed by atoms with Gasteiger partial charge in [0.1, 0.15) is 6.23 Å². The molecular weight excluding hydrogens is 212 g/mol. The van der Waals surface area contributed by atoms with Gasteiger partial charge in [-0.15, -0.1) is 6.58 Å². The lowest BCUT2D eigenvalue weighted by Gasteiger charge is -2.16. The van der Waals surface area contributed by atoms with E-state index in [-0.39, 0.29) is 6.23 Å². The minimum Gasteiger partial charge on any atom is -0.374 e. The highest BCUT2D eigenvalue weighted by Crippen LogP contribution is 1.98. The number of allylic oxidation sites excluding steroid dienone is 1. The lowest BCUT2D eigenvalue weighted by Crippen LogP contribution is -2.29. The summed E-state index contributed by atoms with van der Waals surface area (Å²) in [4.78, 5) is 5.72. The molecular formula is C14H20N2O. The summed E-state index contributed by atoms with van der Waals surface area (Å²) in [5, 5.41) is 8.89. The van der Waals surface area contributed by atoms with Gasteiger partial charge in [-0.1, -0.05) is 36.4 Å². The molecule has 0 fully saturated rings. The van der Waals surface area contributed by atoms with E-state index in [1.54, 1.807) is 18.2 Å². The molecule has 0 bridgehead atoms. The van der Waals surface area contributed by atoms with Crippen LogP contribution in [-0.4, -0.2) is 35.7 Å². The van der Waals surface area contributed by atoms with Gasteiger partial charge in [0.05, 0.1) is 12.9 Å². The van der Waals surface area contributed by atoms with Gasteiger partial charge in [0.15, 0.2) is 0 Å². The third-order valence-corrected chi connectivity index (χ3v) is 2.42. The molecule has 17 heavy (non-hydrogen) atoms. The summed E-state index contributed by atoms with van der Waals surface area (Å²) in [6.07, 6.45) is 4.20. The van der Waals surface area contributed by atoms with Crippen molar-refractivity contribution < 1.29 is 5.11 Å². The molecule has 3 nitrogen and oxygen atoms in total. The molecule has 1 aromatic rings. The maximum atomic E-state index is 8.89. The van der Waals surface area contributed by atoms with Gasteiger partial charge in [-0.25, -0.2) is 0 Å². The first kappa shape index (κ1) is 13.5. The topological polar surface area (TPSA) is 35.8 Å². The Morgan fingerprint density at radius 3 is 2.59 bits per heavy atom. The van der Waals surface area contributed by atoms with Crippen LogP contribution in [0.4, 0.5) is 0 Å². The van der Waals surface area contributed by atoms with E-state index in [4.69, 9.17) is 5.11 Å². The number of aliphatic hydroxyl groups excluding tert-OH is 1. The zero-order chi connectivity index (χ0) is 12.5. The van der Waals surface area contributed by atoms with Crippen LogP contribution in [0, 0.1) is 0 Å². The molecule has 1 aliphatic rings. The fourth-order valence-corrected chi connectivity index (χ4v) is 1.46. The Morgan fingerprint density at radius 2 is 2.18 bits per heavy atom. The van der Waals surface area contributed by atoms with Crippen LogP contribution in [0.25, 0.3) is 0 Å². The number of benzene rings is 1. The average Bonchev–Trinajstić information content (AvgIpc) is 2.85. The van der Waals surface area contributed by atoms with E-state index in [1.807, 2.05) is 24.3 Å². The van der Waals surface area contributed by atoms with E-state index < -0.39 is 0 Å². The maximum Gasteiger partial charge on any atom is 0.124 e. The molecule has 1 atom stereocenters. The summed E-state index contributed by atoms with van der Waals surface area (Å²) >= 11 is 0. The maximum absolute atomic E-state index is 8.89. The third-order valence-electron chi connectivity index (χ3n) is 2.42. The van der Waals surface area contributed by atoms with Crippen LogP contribution in [0.2, 0.25) is 0 Å². The predicted octanol–water partition coefficient (Wildman–Crippen LogP) is 2.08. The Bertz CT molecular complexity index is 346. The van der Waals surface area contributed by atoms with Gasteiger partial charge in [0.25, 0.3) is 0 Å². The molecule has 1 unspecified atom stereocenters. The second-order valence-corrected chi connectivity index (χ2v) is 3.87. The molecule has 92 valence electrons. The third kappa shape index (κ3) is 5.31. The number of rotatable bonds is 3. The highest BCUT2D eigenvalue weighted by molar-refractivity contribution is 5.57. The van der Waals surface area contributed by atoms with Crippen molar-refractivity contribution in [3.05, 3.63) is 48.6 Å². The molecule has 1 heterocycles. The first-order valence-electron chi connectivity index (χ1n) is 5.82. The predicted molar refractivity (Wildman–Crippen MR) is 72.1 cm³/mol. The number of hydrogen-bond acceptors (Lipinski definition) is 3. The minimum absolute atomic E-state index is 0.374. The lowest BCUT2D eigenvalue weighted by molar-refractivity contribution is 0.0814. The summed E-state index contributed by atoms with van der Waals surface area (Å²) in [7, 11) is 0. The van der Waals surface area contributed by atoms with Crippen LogP contribution in [0.15, 0.2) is 48.0 Å². The van der Waals surface area contributed by atoms with Crippen LogP contribution >= 0.6 is 0 Å². The summed E-state index contributed by atoms with van der Waals surface area (Å²) < 4.78 is 0. The Morgan fingerprint density at radius 1 is 1.47 bits per heavy atom. The average molecular weight is 232 g/mol. The van der Waals surface area contributed by atoms with Gasteiger partial charge in [0.2, 0.25) is 0 Å². The van der Waals surface area contributed by atoms with E-state index >= 15 is 0 Å². The molecule has 0 saturated heterocycles. The monoisotopic (exact) mass is 232 g/mol. The number of aliphatic hydroxyl groups is 1. The first-order chi connectivity index (χ1) is 8.24. The van der Waals surface area contributed by atoms with E-state index in [9.17, 15) is 0 Å². The minimum atomic E-state index is -0.374. The second-order valence-electron chi connectivity index (χ2n) is 3.87. The zero-order valence-electron chi connectivity index (χ0n) is 10.3. The largest absolute Gasteiger partial charge is 0.374 e. The van der Waals surface area contributed by atoms with Gasteiger partial charge in [-0.3, -0.25) is 4.99 Å². The van der Waals surface area contributed by atoms with E-state index in [0.717, 1.165) is 19.5 Å². The molecule has 1 N–H and O–H groups in total. The quantitative estimate of drug-likeness (QED) is 0.810. The normalized spacial score (nSPS) is 15.1. The number of nitrogens with zero attached hydrogens (tertiary/aromatic N) is 2. The summed E-state index contributed by atoms with van der Waals surface area (Å²) in [5.74, 6) is 0. The SMILES string of the molecule is C=CCc1ccccc1.CC(O)N1C=NCC1. The first-order valence-corrected chi connectivity index (χ1v) is 5.82. The van der Waals surface area contributed by atoms with Gasteiger partial charge in [0, 0.05) is 6.54 Å². The highest BCUT2D eigenvalue weighted by Gasteiger charge is 2.08. The standard InChI is InChI=1S/C9H10.C5H10N2O/c1-2-6-9-7-4-3-5-8-9;1-5(8)7-3-2-6-4-7/h2-5,7-8H,1,6H2;4-5,8H,2-3H2,1H3. The molecule has 0 saturated carbocycles. The summed E-state index contributed by atoms with van der Waals surface area (Å²) in [5.41, 5.74) is 1.33. The Balaban J connectivity index is 0.000000171. The molecule has 2 rings (SSSR count). The van der Waals surface area contributed by atoms with E-state index in [0.29, 0.717) is 0 Å². The van der Waals surface area contributed by atoms with Crippen molar-refractivity contribution in [2.75, 3.05) is 13.1 Å². The lowest BCUT2D eigenvalue weighted by atomic mass is 10.2. The van der Waals surface area contributed by atoms with Crippen molar-refractivity contribution >= 4 is 6.34 Å². The second kappa shape index (κ2) is 7.63. The molecule has 1 aromatic carbocycles. The van der Waals surface area contributed by atoms with Gasteiger partial charge in [-0.2, -0.15) is 0 Å². The number of hydrogen-bond donors (Lipinski definition) is 1. The van der Waals surface area contributed by atoms with Crippen LogP contribution in [0.3, 0.4) is 0 Å².